The Morgan fingerprint density at radius 3 is 2.29 bits per heavy atom. The van der Waals surface area contributed by atoms with Gasteiger partial charge in [-0.1, -0.05) is 62.7 Å². The van der Waals surface area contributed by atoms with Gasteiger partial charge in [0.25, 0.3) is 0 Å². The van der Waals surface area contributed by atoms with Crippen LogP contribution in [0.2, 0.25) is 5.15 Å². The first-order valence-corrected chi connectivity index (χ1v) is 9.17. The molecule has 4 N–H and O–H groups in total. The molecule has 1 aromatic heterocycles. The van der Waals surface area contributed by atoms with Gasteiger partial charge in [0.2, 0.25) is 0 Å². The lowest BCUT2D eigenvalue weighted by atomic mass is 9.83. The predicted molar refractivity (Wildman–Crippen MR) is 105 cm³/mol. The Hall–Kier alpha value is -2.71. The van der Waals surface area contributed by atoms with Gasteiger partial charge >= 0.3 is 12.2 Å². The van der Waals surface area contributed by atoms with Crippen molar-refractivity contribution in [1.82, 2.24) is 9.63 Å². The van der Waals surface area contributed by atoms with Crippen LogP contribution in [0.5, 0.6) is 5.75 Å². The van der Waals surface area contributed by atoms with Gasteiger partial charge in [0.1, 0.15) is 5.15 Å². The van der Waals surface area contributed by atoms with E-state index < -0.39 is 23.6 Å². The molecule has 2 heterocycles. The number of carbonyl (C=O) groups is 2. The van der Waals surface area contributed by atoms with Gasteiger partial charge in [-0.3, -0.25) is 0 Å². The number of ether oxygens (including phenoxy) is 1. The van der Waals surface area contributed by atoms with Crippen molar-refractivity contribution in [3.8, 4) is 16.9 Å². The first kappa shape index (κ1) is 20.0. The zero-order valence-corrected chi connectivity index (χ0v) is 16.7. The normalized spacial score (nSPS) is 17.1. The molecule has 0 fully saturated rings. The van der Waals surface area contributed by atoms with Gasteiger partial charge in [0.15, 0.2) is 5.75 Å². The molecule has 150 valence electrons. The van der Waals surface area contributed by atoms with E-state index in [9.17, 15) is 9.59 Å². The fraction of sp³-hybridized carbons (Fsp3) is 0.368. The Morgan fingerprint density at radius 2 is 1.75 bits per heavy atom. The molecule has 0 saturated carbocycles. The summed E-state index contributed by atoms with van der Waals surface area (Å²) in [6.45, 7) is 6.71. The van der Waals surface area contributed by atoms with Gasteiger partial charge in [-0.2, -0.15) is 0 Å². The summed E-state index contributed by atoms with van der Waals surface area (Å²) in [4.78, 5) is 28.4. The number of hydrogen-bond acceptors (Lipinski definition) is 5. The minimum atomic E-state index is -0.956. The molecule has 1 aliphatic rings. The molecular formula is C19H23ClN4O4. The molecule has 0 aliphatic carbocycles. The highest BCUT2D eigenvalue weighted by molar-refractivity contribution is 6.33. The van der Waals surface area contributed by atoms with Crippen molar-refractivity contribution in [3.63, 3.8) is 0 Å². The SMILES string of the molecule is CC(C)(C)C1c2c(OC(N)=O)c(-c3ccccc3)c(Cl)n2CCN1OC(N)=O. The Labute approximate surface area is 167 Å². The fourth-order valence-electron chi connectivity index (χ4n) is 3.65. The number of fused-ring (bicyclic) bond motifs is 1. The minimum absolute atomic E-state index is 0.251. The molecule has 0 radical (unpaired) electrons. The van der Waals surface area contributed by atoms with E-state index >= 15 is 0 Å². The van der Waals surface area contributed by atoms with Crippen molar-refractivity contribution < 1.29 is 19.2 Å². The quantitative estimate of drug-likeness (QED) is 0.807. The van der Waals surface area contributed by atoms with Crippen molar-refractivity contribution in [3.05, 3.63) is 41.2 Å². The molecular weight excluding hydrogens is 384 g/mol. The van der Waals surface area contributed by atoms with Crippen LogP contribution in [0, 0.1) is 5.41 Å². The lowest BCUT2D eigenvalue weighted by Crippen LogP contribution is -2.45. The fourth-order valence-corrected chi connectivity index (χ4v) is 4.02. The van der Waals surface area contributed by atoms with E-state index in [-0.39, 0.29) is 5.75 Å². The zero-order valence-electron chi connectivity index (χ0n) is 15.9. The van der Waals surface area contributed by atoms with Crippen molar-refractivity contribution in [2.75, 3.05) is 6.54 Å². The third-order valence-electron chi connectivity index (χ3n) is 4.58. The summed E-state index contributed by atoms with van der Waals surface area (Å²) in [6.07, 6.45) is -1.87. The van der Waals surface area contributed by atoms with Gasteiger partial charge in [0.05, 0.1) is 23.8 Å². The van der Waals surface area contributed by atoms with Crippen LogP contribution >= 0.6 is 11.6 Å². The van der Waals surface area contributed by atoms with Crippen molar-refractivity contribution >= 4 is 23.8 Å². The average molecular weight is 407 g/mol. The number of hydroxylamine groups is 2. The molecule has 2 amide bonds. The van der Waals surface area contributed by atoms with Gasteiger partial charge < -0.3 is 25.6 Å². The molecule has 2 aromatic rings. The number of nitrogens with two attached hydrogens (primary N) is 2. The number of rotatable bonds is 3. The standard InChI is InChI=1S/C19H23ClN4O4/c1-19(2,3)15-13-14(27-17(21)25)12(11-7-5-4-6-8-11)16(20)23(13)9-10-24(15)28-18(22)26/h4-8,15H,9-10H2,1-3H3,(H2,21,25)(H2,22,26). The molecule has 1 aromatic carbocycles. The van der Waals surface area contributed by atoms with Crippen LogP contribution in [0.25, 0.3) is 11.1 Å². The van der Waals surface area contributed by atoms with E-state index in [4.69, 9.17) is 32.6 Å². The van der Waals surface area contributed by atoms with E-state index in [0.29, 0.717) is 29.5 Å². The summed E-state index contributed by atoms with van der Waals surface area (Å²) in [7, 11) is 0. The number of benzene rings is 1. The van der Waals surface area contributed by atoms with Crippen LogP contribution in [-0.4, -0.2) is 28.4 Å². The third kappa shape index (κ3) is 3.65. The highest BCUT2D eigenvalue weighted by atomic mass is 35.5. The first-order chi connectivity index (χ1) is 13.1. The van der Waals surface area contributed by atoms with Crippen molar-refractivity contribution in [2.45, 2.75) is 33.4 Å². The third-order valence-corrected chi connectivity index (χ3v) is 4.97. The smallest absolute Gasteiger partial charge is 0.408 e. The molecule has 0 spiro atoms. The van der Waals surface area contributed by atoms with Gasteiger partial charge in [-0.25, -0.2) is 9.59 Å². The maximum absolute atomic E-state index is 11.7. The van der Waals surface area contributed by atoms with E-state index in [1.54, 1.807) is 0 Å². The van der Waals surface area contributed by atoms with Crippen molar-refractivity contribution in [2.24, 2.45) is 16.9 Å². The molecule has 1 aliphatic heterocycles. The second-order valence-electron chi connectivity index (χ2n) is 7.64. The highest BCUT2D eigenvalue weighted by Gasteiger charge is 2.44. The van der Waals surface area contributed by atoms with Gasteiger partial charge in [0, 0.05) is 6.54 Å². The number of nitrogens with zero attached hydrogens (tertiary/aromatic N) is 2. The number of carbonyl (C=O) groups excluding carboxylic acids is 2. The molecule has 3 rings (SSSR count). The highest BCUT2D eigenvalue weighted by Crippen LogP contribution is 2.51. The van der Waals surface area contributed by atoms with Crippen LogP contribution in [0.3, 0.4) is 0 Å². The first-order valence-electron chi connectivity index (χ1n) is 8.80. The maximum atomic E-state index is 11.7. The van der Waals surface area contributed by atoms with E-state index in [2.05, 4.69) is 0 Å². The summed E-state index contributed by atoms with van der Waals surface area (Å²) in [5.74, 6) is 0.251. The summed E-state index contributed by atoms with van der Waals surface area (Å²) in [6, 6.07) is 8.86. The summed E-state index contributed by atoms with van der Waals surface area (Å²) in [5, 5.41) is 1.92. The minimum Gasteiger partial charge on any atom is -0.408 e. The largest absolute Gasteiger partial charge is 0.423 e. The van der Waals surface area contributed by atoms with Crippen molar-refractivity contribution in [1.29, 1.82) is 0 Å². The summed E-state index contributed by atoms with van der Waals surface area (Å²) < 4.78 is 7.29. The van der Waals surface area contributed by atoms with Crippen LogP contribution in [0.1, 0.15) is 32.5 Å². The summed E-state index contributed by atoms with van der Waals surface area (Å²) >= 11 is 6.71. The number of primary amides is 2. The molecule has 1 atom stereocenters. The predicted octanol–water partition coefficient (Wildman–Crippen LogP) is 3.68. The lowest BCUT2D eigenvalue weighted by molar-refractivity contribution is -0.168. The monoisotopic (exact) mass is 406 g/mol. The van der Waals surface area contributed by atoms with Crippen LogP contribution in [-0.2, 0) is 11.4 Å². The van der Waals surface area contributed by atoms with Crippen LogP contribution < -0.4 is 16.2 Å². The van der Waals surface area contributed by atoms with Crippen LogP contribution in [0.15, 0.2) is 30.3 Å². The molecule has 9 heteroatoms. The second-order valence-corrected chi connectivity index (χ2v) is 8.00. The van der Waals surface area contributed by atoms with Crippen LogP contribution in [0.4, 0.5) is 9.59 Å². The molecule has 0 bridgehead atoms. The Morgan fingerprint density at radius 1 is 1.11 bits per heavy atom. The summed E-state index contributed by atoms with van der Waals surface area (Å²) in [5.41, 5.74) is 12.1. The zero-order chi connectivity index (χ0) is 20.6. The molecule has 0 saturated heterocycles. The van der Waals surface area contributed by atoms with Gasteiger partial charge in [-0.05, 0) is 11.0 Å². The Balaban J connectivity index is 2.28. The second kappa shape index (κ2) is 7.37. The topological polar surface area (TPSA) is 113 Å². The lowest BCUT2D eigenvalue weighted by Gasteiger charge is -2.42. The van der Waals surface area contributed by atoms with E-state index in [1.165, 1.54) is 5.06 Å². The molecule has 1 unspecified atom stereocenters. The number of hydrogen-bond donors (Lipinski definition) is 2. The Kier molecular flexibility index (Phi) is 5.27. The Bertz CT molecular complexity index is 905. The molecule has 28 heavy (non-hydrogen) atoms. The van der Waals surface area contributed by atoms with E-state index in [1.807, 2.05) is 55.7 Å². The maximum Gasteiger partial charge on any atom is 0.423 e. The number of aromatic nitrogens is 1. The van der Waals surface area contributed by atoms with Gasteiger partial charge in [-0.15, -0.1) is 5.06 Å². The number of amides is 2. The van der Waals surface area contributed by atoms with E-state index in [0.717, 1.165) is 5.56 Å². The number of halogens is 1. The average Bonchev–Trinajstić information content (AvgIpc) is 2.85. The molecule has 8 nitrogen and oxygen atoms in total.